The molecule has 0 heterocycles. The van der Waals surface area contributed by atoms with Crippen molar-refractivity contribution in [1.29, 1.82) is 0 Å². The van der Waals surface area contributed by atoms with E-state index in [1.54, 1.807) is 6.92 Å². The zero-order valence-corrected chi connectivity index (χ0v) is 16.7. The molecule has 0 spiro atoms. The van der Waals surface area contributed by atoms with Crippen LogP contribution >= 0.6 is 0 Å². The first-order valence-electron chi connectivity index (χ1n) is 9.61. The maximum absolute atomic E-state index is 12.9. The average molecular weight is 386 g/mol. The molecule has 150 valence electrons. The monoisotopic (exact) mass is 386 g/mol. The van der Waals surface area contributed by atoms with Crippen LogP contribution in [0.25, 0.3) is 0 Å². The normalized spacial score (nSPS) is 14.0. The number of carbonyl (C=O) groups is 2. The smallest absolute Gasteiger partial charge is 0.279 e. The maximum atomic E-state index is 12.9. The van der Waals surface area contributed by atoms with Gasteiger partial charge in [-0.3, -0.25) is 9.59 Å². The number of rotatable bonds is 9. The number of quaternary nitrogens is 1. The minimum Gasteiger partial charge on any atom is -0.350 e. The Labute approximate surface area is 165 Å². The Morgan fingerprint density at radius 3 is 2.32 bits per heavy atom. The molecule has 0 saturated heterocycles. The molecule has 0 aromatic heterocycles. The van der Waals surface area contributed by atoms with Gasteiger partial charge in [-0.2, -0.15) is 0 Å². The molecule has 0 saturated carbocycles. The predicted molar refractivity (Wildman–Crippen MR) is 109 cm³/mol. The van der Waals surface area contributed by atoms with E-state index in [0.29, 0.717) is 12.2 Å². The second-order valence-electron chi connectivity index (χ2n) is 7.06. The highest BCUT2D eigenvalue weighted by molar-refractivity contribution is 5.91. The molecule has 3 atom stereocenters. The van der Waals surface area contributed by atoms with Gasteiger partial charge in [-0.05, 0) is 43.2 Å². The number of hydrogen-bond donors (Lipinski definition) is 3. The summed E-state index contributed by atoms with van der Waals surface area (Å²) in [7, 11) is 1.81. The lowest BCUT2D eigenvalue weighted by molar-refractivity contribution is -0.885. The van der Waals surface area contributed by atoms with E-state index in [0.717, 1.165) is 11.3 Å². The predicted octanol–water partition coefficient (Wildman–Crippen LogP) is 1.98. The fourth-order valence-corrected chi connectivity index (χ4v) is 2.97. The van der Waals surface area contributed by atoms with E-state index in [-0.39, 0.29) is 36.1 Å². The number of nitrogens with one attached hydrogen (secondary N) is 3. The summed E-state index contributed by atoms with van der Waals surface area (Å²) in [6.45, 7) is 4.62. The number of halogens is 1. The van der Waals surface area contributed by atoms with Gasteiger partial charge in [0.05, 0.1) is 7.05 Å². The Bertz CT molecular complexity index is 765. The third-order valence-electron chi connectivity index (χ3n) is 4.99. The molecule has 3 N–H and O–H groups in total. The summed E-state index contributed by atoms with van der Waals surface area (Å²) < 4.78 is 12.9. The van der Waals surface area contributed by atoms with E-state index >= 15 is 0 Å². The highest BCUT2D eigenvalue weighted by atomic mass is 19.1. The van der Waals surface area contributed by atoms with Gasteiger partial charge in [0.1, 0.15) is 5.82 Å². The van der Waals surface area contributed by atoms with Crippen LogP contribution in [0.4, 0.5) is 10.1 Å². The van der Waals surface area contributed by atoms with Crippen LogP contribution in [0.1, 0.15) is 31.7 Å². The Morgan fingerprint density at radius 2 is 1.71 bits per heavy atom. The van der Waals surface area contributed by atoms with Gasteiger partial charge in [-0.25, -0.2) is 4.39 Å². The third kappa shape index (κ3) is 6.46. The van der Waals surface area contributed by atoms with Crippen molar-refractivity contribution in [3.63, 3.8) is 0 Å². The Hall–Kier alpha value is -2.73. The quantitative estimate of drug-likeness (QED) is 0.617. The SMILES string of the molecule is CC[C@@H](CNC(=O)[C@H](C)[NH+](C)CC(=O)Nc1ccc(F)cc1)c1ccccc1. The molecule has 2 amide bonds. The van der Waals surface area contributed by atoms with Crippen LogP contribution in [0.5, 0.6) is 0 Å². The van der Waals surface area contributed by atoms with Crippen molar-refractivity contribution in [2.45, 2.75) is 32.2 Å². The number of hydrogen-bond acceptors (Lipinski definition) is 2. The summed E-state index contributed by atoms with van der Waals surface area (Å²) in [4.78, 5) is 25.5. The fraction of sp³-hybridized carbons (Fsp3) is 0.364. The van der Waals surface area contributed by atoms with Crippen LogP contribution in [-0.2, 0) is 9.59 Å². The summed E-state index contributed by atoms with van der Waals surface area (Å²) in [6.07, 6.45) is 0.932. The molecular formula is C22H29FN3O2+. The van der Waals surface area contributed by atoms with E-state index in [4.69, 9.17) is 0 Å². The number of benzene rings is 2. The summed E-state index contributed by atoms with van der Waals surface area (Å²) in [5, 5.41) is 5.73. The number of carbonyl (C=O) groups excluding carboxylic acids is 2. The van der Waals surface area contributed by atoms with E-state index in [1.807, 2.05) is 25.2 Å². The van der Waals surface area contributed by atoms with Crippen LogP contribution in [0.2, 0.25) is 0 Å². The molecule has 0 aliphatic carbocycles. The van der Waals surface area contributed by atoms with Crippen molar-refractivity contribution >= 4 is 17.5 Å². The van der Waals surface area contributed by atoms with Crippen LogP contribution in [0.3, 0.4) is 0 Å². The van der Waals surface area contributed by atoms with Crippen molar-refractivity contribution in [2.75, 3.05) is 25.5 Å². The summed E-state index contributed by atoms with van der Waals surface area (Å²) in [5.41, 5.74) is 1.74. The first-order chi connectivity index (χ1) is 13.4. The van der Waals surface area contributed by atoms with E-state index < -0.39 is 0 Å². The molecule has 0 bridgehead atoms. The standard InChI is InChI=1S/C22H28FN3O2/c1-4-17(18-8-6-5-7-9-18)14-24-22(28)16(2)26(3)15-21(27)25-20-12-10-19(23)11-13-20/h5-13,16-17H,4,14-15H2,1-3H3,(H,24,28)(H,25,27)/p+1/t16-,17-/m0/s1. The largest absolute Gasteiger partial charge is 0.350 e. The fourth-order valence-electron chi connectivity index (χ4n) is 2.97. The van der Waals surface area contributed by atoms with Gasteiger partial charge in [0, 0.05) is 18.2 Å². The minimum absolute atomic E-state index is 0.0820. The van der Waals surface area contributed by atoms with Crippen molar-refractivity contribution in [1.82, 2.24) is 5.32 Å². The Balaban J connectivity index is 1.82. The molecule has 2 aromatic carbocycles. The van der Waals surface area contributed by atoms with Crippen molar-refractivity contribution in [3.8, 4) is 0 Å². The van der Waals surface area contributed by atoms with Crippen molar-refractivity contribution < 1.29 is 18.9 Å². The van der Waals surface area contributed by atoms with Gasteiger partial charge in [-0.15, -0.1) is 0 Å². The van der Waals surface area contributed by atoms with Crippen LogP contribution < -0.4 is 15.5 Å². The summed E-state index contributed by atoms with van der Waals surface area (Å²) >= 11 is 0. The van der Waals surface area contributed by atoms with Gasteiger partial charge in [0.2, 0.25) is 0 Å². The van der Waals surface area contributed by atoms with Gasteiger partial charge in [0.25, 0.3) is 11.8 Å². The van der Waals surface area contributed by atoms with Gasteiger partial charge >= 0.3 is 0 Å². The highest BCUT2D eigenvalue weighted by Crippen LogP contribution is 2.17. The molecule has 0 radical (unpaired) electrons. The van der Waals surface area contributed by atoms with Gasteiger partial charge in [0.15, 0.2) is 12.6 Å². The van der Waals surface area contributed by atoms with E-state index in [2.05, 4.69) is 29.7 Å². The maximum Gasteiger partial charge on any atom is 0.279 e. The number of anilines is 1. The zero-order chi connectivity index (χ0) is 20.5. The molecule has 6 heteroatoms. The van der Waals surface area contributed by atoms with E-state index in [1.165, 1.54) is 29.8 Å². The molecule has 28 heavy (non-hydrogen) atoms. The molecule has 5 nitrogen and oxygen atoms in total. The van der Waals surface area contributed by atoms with Crippen LogP contribution in [0, 0.1) is 5.82 Å². The minimum atomic E-state index is -0.368. The lowest BCUT2D eigenvalue weighted by Crippen LogP contribution is -3.15. The Kier molecular flexibility index (Phi) is 8.14. The second kappa shape index (κ2) is 10.6. The number of amides is 2. The molecule has 2 rings (SSSR count). The highest BCUT2D eigenvalue weighted by Gasteiger charge is 2.24. The summed E-state index contributed by atoms with van der Waals surface area (Å²) in [5.74, 6) is -0.396. The Morgan fingerprint density at radius 1 is 1.07 bits per heavy atom. The molecule has 2 aromatic rings. The third-order valence-corrected chi connectivity index (χ3v) is 4.99. The summed E-state index contributed by atoms with van der Waals surface area (Å²) in [6, 6.07) is 15.3. The van der Waals surface area contributed by atoms with Crippen LogP contribution in [0.15, 0.2) is 54.6 Å². The first kappa shape index (κ1) is 21.6. The molecule has 1 unspecified atom stereocenters. The van der Waals surface area contributed by atoms with Gasteiger partial charge in [-0.1, -0.05) is 37.3 Å². The average Bonchev–Trinajstić information content (AvgIpc) is 2.70. The molecule has 0 fully saturated rings. The molecule has 0 aliphatic rings. The molecular weight excluding hydrogens is 357 g/mol. The second-order valence-corrected chi connectivity index (χ2v) is 7.06. The topological polar surface area (TPSA) is 62.6 Å². The zero-order valence-electron chi connectivity index (χ0n) is 16.7. The van der Waals surface area contributed by atoms with Crippen molar-refractivity contribution in [2.24, 2.45) is 0 Å². The lowest BCUT2D eigenvalue weighted by Gasteiger charge is -2.22. The molecule has 0 aliphatic heterocycles. The first-order valence-corrected chi connectivity index (χ1v) is 9.61. The van der Waals surface area contributed by atoms with Gasteiger partial charge < -0.3 is 15.5 Å². The number of likely N-dealkylation sites (N-methyl/N-ethyl adjacent to an activating group) is 1. The lowest BCUT2D eigenvalue weighted by atomic mass is 9.96. The van der Waals surface area contributed by atoms with Crippen LogP contribution in [-0.4, -0.2) is 38.0 Å². The van der Waals surface area contributed by atoms with E-state index in [9.17, 15) is 14.0 Å². The van der Waals surface area contributed by atoms with Crippen molar-refractivity contribution in [3.05, 3.63) is 66.0 Å².